The molecule has 1 saturated heterocycles. The Morgan fingerprint density at radius 1 is 0.970 bits per heavy atom. The van der Waals surface area contributed by atoms with Gasteiger partial charge in [-0.25, -0.2) is 0 Å². The summed E-state index contributed by atoms with van der Waals surface area (Å²) < 4.78 is 0. The molecule has 2 aromatic carbocycles. The highest BCUT2D eigenvalue weighted by atomic mass is 32.1. The number of amides is 2. The van der Waals surface area contributed by atoms with E-state index in [1.807, 2.05) is 41.8 Å². The van der Waals surface area contributed by atoms with Crippen LogP contribution in [0.3, 0.4) is 0 Å². The zero-order chi connectivity index (χ0) is 23.2. The number of non-ortho nitro benzene ring substituents is 1. The number of nitro groups is 1. The average molecular weight is 465 g/mol. The van der Waals surface area contributed by atoms with Crippen molar-refractivity contribution in [2.24, 2.45) is 0 Å². The van der Waals surface area contributed by atoms with E-state index < -0.39 is 11.0 Å². The Kier molecular flexibility index (Phi) is 6.99. The molecule has 33 heavy (non-hydrogen) atoms. The van der Waals surface area contributed by atoms with Crippen LogP contribution in [0.1, 0.15) is 15.2 Å². The SMILES string of the molecule is O=C(N[C@@H](Cc1ccccc1)C(=O)N1CCN(c2ccc([N+](=O)[O-])cc2)CC1)c1cccs1. The molecule has 170 valence electrons. The predicted molar refractivity (Wildman–Crippen MR) is 128 cm³/mol. The number of benzene rings is 2. The van der Waals surface area contributed by atoms with Gasteiger partial charge in [-0.3, -0.25) is 19.7 Å². The molecule has 1 fully saturated rings. The van der Waals surface area contributed by atoms with E-state index in [9.17, 15) is 19.7 Å². The number of hydrogen-bond acceptors (Lipinski definition) is 6. The Labute approximate surface area is 195 Å². The number of carbonyl (C=O) groups is 2. The first-order valence-electron chi connectivity index (χ1n) is 10.7. The molecular weight excluding hydrogens is 440 g/mol. The van der Waals surface area contributed by atoms with Crippen LogP contribution in [0.15, 0.2) is 72.1 Å². The van der Waals surface area contributed by atoms with Gasteiger partial charge < -0.3 is 15.1 Å². The minimum atomic E-state index is -0.659. The minimum Gasteiger partial charge on any atom is -0.368 e. The van der Waals surface area contributed by atoms with E-state index in [1.54, 1.807) is 23.1 Å². The number of hydrogen-bond donors (Lipinski definition) is 1. The van der Waals surface area contributed by atoms with Gasteiger partial charge in [0.05, 0.1) is 9.80 Å². The smallest absolute Gasteiger partial charge is 0.269 e. The second kappa shape index (κ2) is 10.3. The van der Waals surface area contributed by atoms with Crippen LogP contribution in [-0.2, 0) is 11.2 Å². The number of carbonyl (C=O) groups excluding carboxylic acids is 2. The quantitative estimate of drug-likeness (QED) is 0.427. The Hall–Kier alpha value is -3.72. The van der Waals surface area contributed by atoms with Gasteiger partial charge in [0, 0.05) is 50.4 Å². The van der Waals surface area contributed by atoms with Crippen molar-refractivity contribution in [3.63, 3.8) is 0 Å². The molecule has 2 amide bonds. The fourth-order valence-electron chi connectivity index (χ4n) is 3.88. The molecule has 2 heterocycles. The molecule has 1 N–H and O–H groups in total. The Morgan fingerprint density at radius 3 is 2.27 bits per heavy atom. The highest BCUT2D eigenvalue weighted by molar-refractivity contribution is 7.12. The number of piperazine rings is 1. The standard InChI is InChI=1S/C24H24N4O4S/c29-23(22-7-4-16-33-22)25-21(17-18-5-2-1-3-6-18)24(30)27-14-12-26(13-15-27)19-8-10-20(11-9-19)28(31)32/h1-11,16,21H,12-15,17H2,(H,25,29)/t21-/m0/s1. The molecule has 1 aliphatic rings. The summed E-state index contributed by atoms with van der Waals surface area (Å²) in [5.41, 5.74) is 1.92. The van der Waals surface area contributed by atoms with Gasteiger partial charge in [0.15, 0.2) is 0 Å². The largest absolute Gasteiger partial charge is 0.368 e. The van der Waals surface area contributed by atoms with Crippen LogP contribution in [0, 0.1) is 10.1 Å². The molecule has 0 unspecified atom stereocenters. The Morgan fingerprint density at radius 2 is 1.67 bits per heavy atom. The number of nitro benzene ring substituents is 1. The molecule has 1 aromatic heterocycles. The third kappa shape index (κ3) is 5.56. The van der Waals surface area contributed by atoms with Gasteiger partial charge in [0.2, 0.25) is 5.91 Å². The lowest BCUT2D eigenvalue weighted by Crippen LogP contribution is -2.55. The number of rotatable bonds is 7. The Bertz CT molecular complexity index is 1100. The molecule has 9 heteroatoms. The lowest BCUT2D eigenvalue weighted by atomic mass is 10.0. The zero-order valence-electron chi connectivity index (χ0n) is 17.9. The van der Waals surface area contributed by atoms with Crippen molar-refractivity contribution in [2.75, 3.05) is 31.1 Å². The average Bonchev–Trinajstić information content (AvgIpc) is 3.39. The van der Waals surface area contributed by atoms with Gasteiger partial charge in [-0.15, -0.1) is 11.3 Å². The van der Waals surface area contributed by atoms with E-state index in [1.165, 1.54) is 23.5 Å². The van der Waals surface area contributed by atoms with E-state index in [-0.39, 0.29) is 17.5 Å². The predicted octanol–water partition coefficient (Wildman–Crippen LogP) is 3.35. The van der Waals surface area contributed by atoms with Crippen molar-refractivity contribution in [1.82, 2.24) is 10.2 Å². The maximum Gasteiger partial charge on any atom is 0.269 e. The summed E-state index contributed by atoms with van der Waals surface area (Å²) in [6, 6.07) is 19.0. The van der Waals surface area contributed by atoms with Crippen molar-refractivity contribution < 1.29 is 14.5 Å². The van der Waals surface area contributed by atoms with E-state index in [0.29, 0.717) is 37.5 Å². The van der Waals surface area contributed by atoms with E-state index >= 15 is 0 Å². The number of nitrogens with zero attached hydrogens (tertiary/aromatic N) is 3. The van der Waals surface area contributed by atoms with Gasteiger partial charge in [0.25, 0.3) is 11.6 Å². The lowest BCUT2D eigenvalue weighted by molar-refractivity contribution is -0.384. The monoisotopic (exact) mass is 464 g/mol. The van der Waals surface area contributed by atoms with Crippen molar-refractivity contribution in [3.8, 4) is 0 Å². The van der Waals surface area contributed by atoms with E-state index in [0.717, 1.165) is 11.3 Å². The molecule has 0 saturated carbocycles. The van der Waals surface area contributed by atoms with Crippen LogP contribution in [0.4, 0.5) is 11.4 Å². The maximum atomic E-state index is 13.4. The summed E-state index contributed by atoms with van der Waals surface area (Å²) in [6.07, 6.45) is 0.416. The first-order chi connectivity index (χ1) is 16.0. The molecule has 8 nitrogen and oxygen atoms in total. The van der Waals surface area contributed by atoms with Gasteiger partial charge in [-0.1, -0.05) is 36.4 Å². The zero-order valence-corrected chi connectivity index (χ0v) is 18.7. The summed E-state index contributed by atoms with van der Waals surface area (Å²) in [6.45, 7) is 2.24. The molecule has 1 aliphatic heterocycles. The normalized spacial score (nSPS) is 14.5. The lowest BCUT2D eigenvalue weighted by Gasteiger charge is -2.37. The molecule has 0 radical (unpaired) electrons. The second-order valence-electron chi connectivity index (χ2n) is 7.78. The van der Waals surface area contributed by atoms with Crippen LogP contribution < -0.4 is 10.2 Å². The molecule has 4 rings (SSSR count). The third-order valence-electron chi connectivity index (χ3n) is 5.65. The molecule has 1 atom stereocenters. The first-order valence-corrected chi connectivity index (χ1v) is 11.6. The van der Waals surface area contributed by atoms with Gasteiger partial charge in [0.1, 0.15) is 6.04 Å². The number of thiophene rings is 1. The van der Waals surface area contributed by atoms with Crippen LogP contribution in [0.2, 0.25) is 0 Å². The van der Waals surface area contributed by atoms with Crippen molar-refractivity contribution in [3.05, 3.63) is 92.7 Å². The summed E-state index contributed by atoms with van der Waals surface area (Å²) in [7, 11) is 0. The molecule has 0 bridgehead atoms. The van der Waals surface area contributed by atoms with Gasteiger partial charge in [-0.2, -0.15) is 0 Å². The second-order valence-corrected chi connectivity index (χ2v) is 8.73. The molecule has 3 aromatic rings. The fraction of sp³-hybridized carbons (Fsp3) is 0.250. The van der Waals surface area contributed by atoms with Crippen LogP contribution in [0.5, 0.6) is 0 Å². The van der Waals surface area contributed by atoms with E-state index in [2.05, 4.69) is 10.2 Å². The van der Waals surface area contributed by atoms with Crippen LogP contribution in [0.25, 0.3) is 0 Å². The minimum absolute atomic E-state index is 0.0535. The fourth-order valence-corrected chi connectivity index (χ4v) is 4.50. The first kappa shape index (κ1) is 22.5. The summed E-state index contributed by atoms with van der Waals surface area (Å²) >= 11 is 1.34. The van der Waals surface area contributed by atoms with Crippen molar-refractivity contribution >= 4 is 34.5 Å². The van der Waals surface area contributed by atoms with Crippen LogP contribution in [-0.4, -0.2) is 53.9 Å². The Balaban J connectivity index is 1.42. The summed E-state index contributed by atoms with van der Waals surface area (Å²) in [5, 5.41) is 15.6. The van der Waals surface area contributed by atoms with Crippen LogP contribution >= 0.6 is 11.3 Å². The molecule has 0 spiro atoms. The highest BCUT2D eigenvalue weighted by Gasteiger charge is 2.29. The molecule has 0 aliphatic carbocycles. The number of anilines is 1. The number of nitrogens with one attached hydrogen (secondary N) is 1. The summed E-state index contributed by atoms with van der Waals surface area (Å²) in [5.74, 6) is -0.351. The van der Waals surface area contributed by atoms with Crippen molar-refractivity contribution in [1.29, 1.82) is 0 Å². The van der Waals surface area contributed by atoms with E-state index in [4.69, 9.17) is 0 Å². The third-order valence-corrected chi connectivity index (χ3v) is 6.52. The van der Waals surface area contributed by atoms with Gasteiger partial charge >= 0.3 is 0 Å². The maximum absolute atomic E-state index is 13.4. The molecular formula is C24H24N4O4S. The summed E-state index contributed by atoms with van der Waals surface area (Å²) in [4.78, 5) is 41.0. The van der Waals surface area contributed by atoms with Crippen molar-refractivity contribution in [2.45, 2.75) is 12.5 Å². The topological polar surface area (TPSA) is 95.8 Å². The highest BCUT2D eigenvalue weighted by Crippen LogP contribution is 2.21. The van der Waals surface area contributed by atoms with Gasteiger partial charge in [-0.05, 0) is 29.1 Å².